The Morgan fingerprint density at radius 1 is 1.20 bits per heavy atom. The summed E-state index contributed by atoms with van der Waals surface area (Å²) in [7, 11) is -3.34. The Bertz CT molecular complexity index is 588. The second kappa shape index (κ2) is 6.89. The molecule has 1 atom stereocenters. The van der Waals surface area contributed by atoms with Gasteiger partial charge >= 0.3 is 0 Å². The van der Waals surface area contributed by atoms with E-state index in [1.807, 2.05) is 32.9 Å². The van der Waals surface area contributed by atoms with E-state index in [1.165, 1.54) is 5.57 Å². The van der Waals surface area contributed by atoms with Gasteiger partial charge in [0.05, 0.1) is 10.1 Å². The number of sulfone groups is 1. The molecule has 0 saturated heterocycles. The first kappa shape index (κ1) is 16.7. The van der Waals surface area contributed by atoms with Gasteiger partial charge in [-0.2, -0.15) is 0 Å². The molecule has 2 nitrogen and oxygen atoms in total. The van der Waals surface area contributed by atoms with Gasteiger partial charge in [0.1, 0.15) is 0 Å². The maximum absolute atomic E-state index is 12.7. The minimum absolute atomic E-state index is 0.383. The molecule has 0 amide bonds. The fraction of sp³-hybridized carbons (Fsp3) is 0.412. The van der Waals surface area contributed by atoms with Gasteiger partial charge < -0.3 is 0 Å². The fourth-order valence-electron chi connectivity index (χ4n) is 2.08. The average molecular weight is 292 g/mol. The molecule has 0 bridgehead atoms. The van der Waals surface area contributed by atoms with Crippen molar-refractivity contribution < 1.29 is 8.42 Å². The molecule has 3 heteroatoms. The van der Waals surface area contributed by atoms with Crippen LogP contribution in [0, 0.1) is 6.92 Å². The lowest BCUT2D eigenvalue weighted by atomic mass is 10.1. The largest absolute Gasteiger partial charge is 0.223 e. The first-order valence-corrected chi connectivity index (χ1v) is 8.39. The van der Waals surface area contributed by atoms with E-state index in [2.05, 4.69) is 12.7 Å². The predicted molar refractivity (Wildman–Crippen MR) is 85.6 cm³/mol. The van der Waals surface area contributed by atoms with Crippen LogP contribution < -0.4 is 0 Å². The summed E-state index contributed by atoms with van der Waals surface area (Å²) in [5, 5.41) is -0.513. The van der Waals surface area contributed by atoms with Crippen molar-refractivity contribution in [3.05, 3.63) is 53.6 Å². The number of benzene rings is 1. The zero-order valence-corrected chi connectivity index (χ0v) is 13.6. The quantitative estimate of drug-likeness (QED) is 0.725. The van der Waals surface area contributed by atoms with Crippen LogP contribution in [0.1, 0.15) is 39.2 Å². The maximum atomic E-state index is 12.7. The van der Waals surface area contributed by atoms with E-state index >= 15 is 0 Å². The first-order valence-electron chi connectivity index (χ1n) is 6.84. The Balaban J connectivity index is 3.03. The molecule has 0 heterocycles. The van der Waals surface area contributed by atoms with E-state index in [0.717, 1.165) is 12.0 Å². The molecule has 0 aliphatic rings. The van der Waals surface area contributed by atoms with Crippen molar-refractivity contribution in [2.45, 2.75) is 50.7 Å². The van der Waals surface area contributed by atoms with Crippen LogP contribution in [0.3, 0.4) is 0 Å². The van der Waals surface area contributed by atoms with Crippen LogP contribution in [0.5, 0.6) is 0 Å². The van der Waals surface area contributed by atoms with Gasteiger partial charge in [0, 0.05) is 0 Å². The molecule has 0 aliphatic heterocycles. The summed E-state index contributed by atoms with van der Waals surface area (Å²) in [5.74, 6) is 0. The molecule has 20 heavy (non-hydrogen) atoms. The topological polar surface area (TPSA) is 34.1 Å². The van der Waals surface area contributed by atoms with Gasteiger partial charge in [0.2, 0.25) is 0 Å². The SMILES string of the molecule is C=C(C)C(CCC=C(C)C)S(=O)(=O)c1ccc(C)cc1. The standard InChI is InChI=1S/C17H24O2S/c1-13(2)7-6-8-17(14(3)4)20(18,19)16-11-9-15(5)10-12-16/h7,9-12,17H,3,6,8H2,1-2,4-5H3. The molecule has 0 spiro atoms. The molecule has 1 aromatic rings. The van der Waals surface area contributed by atoms with Crippen LogP contribution in [0.2, 0.25) is 0 Å². The van der Waals surface area contributed by atoms with Crippen LogP contribution in [0.25, 0.3) is 0 Å². The highest BCUT2D eigenvalue weighted by Gasteiger charge is 2.27. The van der Waals surface area contributed by atoms with Crippen LogP contribution >= 0.6 is 0 Å². The highest BCUT2D eigenvalue weighted by atomic mass is 32.2. The molecule has 0 fully saturated rings. The van der Waals surface area contributed by atoms with Gasteiger partial charge in [0.25, 0.3) is 0 Å². The zero-order chi connectivity index (χ0) is 15.3. The lowest BCUT2D eigenvalue weighted by Crippen LogP contribution is -2.22. The van der Waals surface area contributed by atoms with Crippen LogP contribution in [-0.2, 0) is 9.84 Å². The van der Waals surface area contributed by atoms with Crippen molar-refractivity contribution in [1.82, 2.24) is 0 Å². The summed E-state index contributed by atoms with van der Waals surface area (Å²) in [6.07, 6.45) is 3.41. The highest BCUT2D eigenvalue weighted by molar-refractivity contribution is 7.92. The monoisotopic (exact) mass is 292 g/mol. The molecule has 0 aliphatic carbocycles. The Morgan fingerprint density at radius 3 is 2.20 bits per heavy atom. The van der Waals surface area contributed by atoms with Crippen LogP contribution in [0.4, 0.5) is 0 Å². The Kier molecular flexibility index (Phi) is 5.75. The zero-order valence-electron chi connectivity index (χ0n) is 12.8. The van der Waals surface area contributed by atoms with Crippen molar-refractivity contribution in [3.63, 3.8) is 0 Å². The van der Waals surface area contributed by atoms with E-state index in [0.29, 0.717) is 16.9 Å². The van der Waals surface area contributed by atoms with E-state index in [4.69, 9.17) is 0 Å². The van der Waals surface area contributed by atoms with E-state index in [1.54, 1.807) is 19.1 Å². The lowest BCUT2D eigenvalue weighted by molar-refractivity contribution is 0.581. The lowest BCUT2D eigenvalue weighted by Gasteiger charge is -2.17. The van der Waals surface area contributed by atoms with Crippen molar-refractivity contribution in [2.24, 2.45) is 0 Å². The van der Waals surface area contributed by atoms with Gasteiger partial charge in [-0.15, -0.1) is 0 Å². The van der Waals surface area contributed by atoms with Crippen LogP contribution in [-0.4, -0.2) is 13.7 Å². The molecule has 1 unspecified atom stereocenters. The third kappa shape index (κ3) is 4.34. The molecule has 1 aromatic carbocycles. The normalized spacial score (nSPS) is 12.8. The molecular weight excluding hydrogens is 268 g/mol. The summed E-state index contributed by atoms with van der Waals surface area (Å²) in [6, 6.07) is 7.03. The van der Waals surface area contributed by atoms with Gasteiger partial charge in [-0.3, -0.25) is 0 Å². The van der Waals surface area contributed by atoms with E-state index in [-0.39, 0.29) is 0 Å². The Labute approximate surface area is 123 Å². The predicted octanol–water partition coefficient (Wildman–Crippen LogP) is 4.46. The Morgan fingerprint density at radius 2 is 1.75 bits per heavy atom. The molecule has 0 N–H and O–H groups in total. The maximum Gasteiger partial charge on any atom is 0.185 e. The second-order valence-corrected chi connectivity index (χ2v) is 7.68. The van der Waals surface area contributed by atoms with Crippen molar-refractivity contribution in [3.8, 4) is 0 Å². The summed E-state index contributed by atoms with van der Waals surface area (Å²) >= 11 is 0. The van der Waals surface area contributed by atoms with Gasteiger partial charge in [-0.05, 0) is 52.7 Å². The number of rotatable bonds is 6. The van der Waals surface area contributed by atoms with Crippen molar-refractivity contribution in [1.29, 1.82) is 0 Å². The van der Waals surface area contributed by atoms with Gasteiger partial charge in [-0.25, -0.2) is 8.42 Å². The third-order valence-electron chi connectivity index (χ3n) is 3.26. The van der Waals surface area contributed by atoms with E-state index < -0.39 is 15.1 Å². The number of hydrogen-bond donors (Lipinski definition) is 0. The first-order chi connectivity index (χ1) is 9.25. The minimum atomic E-state index is -3.34. The number of aryl methyl sites for hydroxylation is 1. The van der Waals surface area contributed by atoms with Gasteiger partial charge in [0.15, 0.2) is 9.84 Å². The molecular formula is C17H24O2S. The van der Waals surface area contributed by atoms with E-state index in [9.17, 15) is 8.42 Å². The Hall–Kier alpha value is -1.35. The minimum Gasteiger partial charge on any atom is -0.223 e. The van der Waals surface area contributed by atoms with Crippen molar-refractivity contribution >= 4 is 9.84 Å². The second-order valence-electron chi connectivity index (χ2n) is 5.55. The summed E-state index contributed by atoms with van der Waals surface area (Å²) < 4.78 is 25.4. The molecule has 0 saturated carbocycles. The molecule has 0 aromatic heterocycles. The molecule has 0 radical (unpaired) electrons. The van der Waals surface area contributed by atoms with Gasteiger partial charge in [-0.1, -0.05) is 41.5 Å². The fourth-order valence-corrected chi connectivity index (χ4v) is 3.90. The number of hydrogen-bond acceptors (Lipinski definition) is 2. The number of allylic oxidation sites excluding steroid dienone is 2. The summed E-state index contributed by atoms with van der Waals surface area (Å²) in [5.41, 5.74) is 2.96. The highest BCUT2D eigenvalue weighted by Crippen LogP contribution is 2.25. The smallest absolute Gasteiger partial charge is 0.185 e. The molecule has 1 rings (SSSR count). The average Bonchev–Trinajstić information content (AvgIpc) is 2.34. The molecule has 110 valence electrons. The third-order valence-corrected chi connectivity index (χ3v) is 5.57. The summed E-state index contributed by atoms with van der Waals surface area (Å²) in [6.45, 7) is 11.6. The van der Waals surface area contributed by atoms with Crippen LogP contribution in [0.15, 0.2) is 53.0 Å². The van der Waals surface area contributed by atoms with Crippen molar-refractivity contribution in [2.75, 3.05) is 0 Å². The summed E-state index contributed by atoms with van der Waals surface area (Å²) in [4.78, 5) is 0.383.